The van der Waals surface area contributed by atoms with Crippen molar-refractivity contribution in [2.45, 2.75) is 17.0 Å². The Morgan fingerprint density at radius 1 is 1.29 bits per heavy atom. The Morgan fingerprint density at radius 3 is 2.76 bits per heavy atom. The second-order valence-electron chi connectivity index (χ2n) is 3.36. The number of hydrogen-bond acceptors (Lipinski definition) is 5. The normalized spacial score (nSPS) is 10.2. The molecular formula is C11H9N3O2S. The molecule has 0 saturated heterocycles. The Hall–Kier alpha value is -1.95. The molecule has 0 spiro atoms. The number of nitrogens with zero attached hydrogens (tertiary/aromatic N) is 3. The van der Waals surface area contributed by atoms with Crippen molar-refractivity contribution >= 4 is 17.4 Å². The van der Waals surface area contributed by atoms with E-state index >= 15 is 0 Å². The van der Waals surface area contributed by atoms with Gasteiger partial charge in [-0.15, -0.1) is 0 Å². The van der Waals surface area contributed by atoms with Crippen LogP contribution in [0.25, 0.3) is 0 Å². The summed E-state index contributed by atoms with van der Waals surface area (Å²) in [4.78, 5) is 18.5. The van der Waals surface area contributed by atoms with Gasteiger partial charge in [0.1, 0.15) is 5.03 Å². The lowest BCUT2D eigenvalue weighted by molar-refractivity contribution is -0.388. The van der Waals surface area contributed by atoms with Crippen LogP contribution in [0, 0.1) is 17.0 Å². The first-order valence-corrected chi connectivity index (χ1v) is 5.68. The first-order chi connectivity index (χ1) is 8.16. The molecule has 2 aromatic rings. The molecule has 17 heavy (non-hydrogen) atoms. The van der Waals surface area contributed by atoms with E-state index in [2.05, 4.69) is 9.97 Å². The third-order valence-electron chi connectivity index (χ3n) is 2.03. The summed E-state index contributed by atoms with van der Waals surface area (Å²) in [6, 6.07) is 6.71. The zero-order chi connectivity index (χ0) is 12.3. The van der Waals surface area contributed by atoms with E-state index in [1.807, 2.05) is 19.1 Å². The topological polar surface area (TPSA) is 68.9 Å². The van der Waals surface area contributed by atoms with Gasteiger partial charge >= 0.3 is 5.69 Å². The van der Waals surface area contributed by atoms with E-state index in [9.17, 15) is 10.1 Å². The van der Waals surface area contributed by atoms with Crippen molar-refractivity contribution in [3.63, 3.8) is 0 Å². The zero-order valence-corrected chi connectivity index (χ0v) is 9.85. The molecular weight excluding hydrogens is 238 g/mol. The number of hydrogen-bond donors (Lipinski definition) is 0. The van der Waals surface area contributed by atoms with Crippen LogP contribution in [-0.4, -0.2) is 14.9 Å². The Bertz CT molecular complexity index is 543. The lowest BCUT2D eigenvalue weighted by atomic mass is 10.3. The number of nitro groups is 1. The summed E-state index contributed by atoms with van der Waals surface area (Å²) in [6.07, 6.45) is 3.25. The summed E-state index contributed by atoms with van der Waals surface area (Å²) in [6.45, 7) is 1.94. The molecule has 86 valence electrons. The molecule has 0 N–H and O–H groups in total. The number of rotatable bonds is 3. The van der Waals surface area contributed by atoms with Crippen LogP contribution in [0.3, 0.4) is 0 Å². The van der Waals surface area contributed by atoms with E-state index in [1.54, 1.807) is 12.3 Å². The average Bonchev–Trinajstić information content (AvgIpc) is 2.32. The largest absolute Gasteiger partial charge is 0.301 e. The fourth-order valence-electron chi connectivity index (χ4n) is 1.21. The second kappa shape index (κ2) is 4.92. The maximum absolute atomic E-state index is 10.8. The predicted octanol–water partition coefficient (Wildman–Crippen LogP) is 2.84. The summed E-state index contributed by atoms with van der Waals surface area (Å²) >= 11 is 1.19. The zero-order valence-electron chi connectivity index (χ0n) is 9.03. The van der Waals surface area contributed by atoms with Gasteiger partial charge in [0.05, 0.1) is 4.92 Å². The van der Waals surface area contributed by atoms with Gasteiger partial charge in [0.15, 0.2) is 5.03 Å². The van der Waals surface area contributed by atoms with Crippen LogP contribution in [0.1, 0.15) is 5.56 Å². The highest BCUT2D eigenvalue weighted by Gasteiger charge is 2.15. The van der Waals surface area contributed by atoms with E-state index < -0.39 is 4.92 Å². The summed E-state index contributed by atoms with van der Waals surface area (Å²) < 4.78 is 0. The molecule has 6 heteroatoms. The van der Waals surface area contributed by atoms with Gasteiger partial charge in [-0.1, -0.05) is 6.07 Å². The van der Waals surface area contributed by atoms with Crippen LogP contribution < -0.4 is 0 Å². The fourth-order valence-corrected chi connectivity index (χ4v) is 2.01. The SMILES string of the molecule is Cc1ccc(Sc2ncccc2[N+](=O)[O-])nc1. The monoisotopic (exact) mass is 247 g/mol. The van der Waals surface area contributed by atoms with Crippen LogP contribution >= 0.6 is 11.8 Å². The van der Waals surface area contributed by atoms with Crippen LogP contribution in [0.4, 0.5) is 5.69 Å². The van der Waals surface area contributed by atoms with Gasteiger partial charge in [-0.05, 0) is 36.4 Å². The Labute approximate surface area is 102 Å². The van der Waals surface area contributed by atoms with E-state index in [1.165, 1.54) is 24.0 Å². The molecule has 0 unspecified atom stereocenters. The highest BCUT2D eigenvalue weighted by molar-refractivity contribution is 7.99. The van der Waals surface area contributed by atoms with E-state index in [-0.39, 0.29) is 5.69 Å². The third-order valence-corrected chi connectivity index (χ3v) is 2.99. The van der Waals surface area contributed by atoms with Crippen LogP contribution in [-0.2, 0) is 0 Å². The minimum atomic E-state index is -0.441. The van der Waals surface area contributed by atoms with E-state index in [0.717, 1.165) is 5.56 Å². The van der Waals surface area contributed by atoms with E-state index in [4.69, 9.17) is 0 Å². The highest BCUT2D eigenvalue weighted by Crippen LogP contribution is 2.31. The van der Waals surface area contributed by atoms with Gasteiger partial charge in [-0.3, -0.25) is 10.1 Å². The van der Waals surface area contributed by atoms with Crippen LogP contribution in [0.15, 0.2) is 46.7 Å². The molecule has 0 aliphatic rings. The first-order valence-electron chi connectivity index (χ1n) is 4.87. The molecule has 2 rings (SSSR count). The van der Waals surface area contributed by atoms with Gasteiger partial charge in [-0.2, -0.15) is 0 Å². The quantitative estimate of drug-likeness (QED) is 0.616. The summed E-state index contributed by atoms with van der Waals surface area (Å²) in [5.41, 5.74) is 1.05. The van der Waals surface area contributed by atoms with Gasteiger partial charge in [0.2, 0.25) is 0 Å². The fraction of sp³-hybridized carbons (Fsp3) is 0.0909. The van der Waals surface area contributed by atoms with Crippen molar-refractivity contribution in [3.05, 3.63) is 52.3 Å². The van der Waals surface area contributed by atoms with Crippen molar-refractivity contribution < 1.29 is 4.92 Å². The lowest BCUT2D eigenvalue weighted by Crippen LogP contribution is -1.93. The third kappa shape index (κ3) is 2.79. The summed E-state index contributed by atoms with van der Waals surface area (Å²) in [7, 11) is 0. The molecule has 5 nitrogen and oxygen atoms in total. The lowest BCUT2D eigenvalue weighted by Gasteiger charge is -2.01. The van der Waals surface area contributed by atoms with Crippen molar-refractivity contribution in [3.8, 4) is 0 Å². The van der Waals surface area contributed by atoms with Crippen LogP contribution in [0.2, 0.25) is 0 Å². The molecule has 2 heterocycles. The van der Waals surface area contributed by atoms with Crippen molar-refractivity contribution in [1.82, 2.24) is 9.97 Å². The molecule has 0 bridgehead atoms. The average molecular weight is 247 g/mol. The maximum Gasteiger partial charge on any atom is 0.301 e. The molecule has 0 aromatic carbocycles. The minimum Gasteiger partial charge on any atom is -0.258 e. The number of pyridine rings is 2. The molecule has 0 atom stereocenters. The number of aromatic nitrogens is 2. The van der Waals surface area contributed by atoms with Crippen molar-refractivity contribution in [2.75, 3.05) is 0 Å². The minimum absolute atomic E-state index is 0.000116. The summed E-state index contributed by atoms with van der Waals surface area (Å²) in [5.74, 6) is 0. The summed E-state index contributed by atoms with van der Waals surface area (Å²) in [5, 5.41) is 11.8. The van der Waals surface area contributed by atoms with Gasteiger partial charge < -0.3 is 0 Å². The first kappa shape index (κ1) is 11.5. The standard InChI is InChI=1S/C11H9N3O2S/c1-8-4-5-10(13-7-8)17-11-9(14(15)16)3-2-6-12-11/h2-7H,1H3. The second-order valence-corrected chi connectivity index (χ2v) is 4.37. The molecule has 0 saturated carbocycles. The Kier molecular flexibility index (Phi) is 3.34. The predicted molar refractivity (Wildman–Crippen MR) is 64.0 cm³/mol. The molecule has 2 aromatic heterocycles. The Balaban J connectivity index is 2.30. The van der Waals surface area contributed by atoms with Gasteiger partial charge in [-0.25, -0.2) is 9.97 Å². The van der Waals surface area contributed by atoms with Gasteiger partial charge in [0, 0.05) is 18.5 Å². The van der Waals surface area contributed by atoms with Crippen molar-refractivity contribution in [1.29, 1.82) is 0 Å². The molecule has 0 aliphatic carbocycles. The highest BCUT2D eigenvalue weighted by atomic mass is 32.2. The maximum atomic E-state index is 10.8. The Morgan fingerprint density at radius 2 is 2.12 bits per heavy atom. The molecule has 0 fully saturated rings. The smallest absolute Gasteiger partial charge is 0.258 e. The van der Waals surface area contributed by atoms with Gasteiger partial charge in [0.25, 0.3) is 0 Å². The molecule has 0 aliphatic heterocycles. The van der Waals surface area contributed by atoms with E-state index in [0.29, 0.717) is 10.1 Å². The van der Waals surface area contributed by atoms with Crippen LogP contribution in [0.5, 0.6) is 0 Å². The molecule has 0 radical (unpaired) electrons. The van der Waals surface area contributed by atoms with Crippen molar-refractivity contribution in [2.24, 2.45) is 0 Å². The molecule has 0 amide bonds. The number of aryl methyl sites for hydroxylation is 1.